The third-order valence-electron chi connectivity index (χ3n) is 1.45. The van der Waals surface area contributed by atoms with E-state index in [4.69, 9.17) is 9.96 Å². The molecule has 0 aliphatic rings. The topological polar surface area (TPSA) is 27.7 Å². The normalized spacial score (nSPS) is 12.9. The van der Waals surface area contributed by atoms with Gasteiger partial charge in [-0.2, -0.15) is 0 Å². The van der Waals surface area contributed by atoms with E-state index in [0.717, 1.165) is 0 Å². The molecule has 0 radical (unpaired) electrons. The summed E-state index contributed by atoms with van der Waals surface area (Å²) in [6.45, 7) is 15.7. The zero-order valence-electron chi connectivity index (χ0n) is 10.7. The van der Waals surface area contributed by atoms with Crippen LogP contribution in [0.5, 0.6) is 0 Å². The monoisotopic (exact) mass is 252 g/mol. The zero-order chi connectivity index (χ0) is 12.1. The first-order chi connectivity index (χ1) is 6.81. The third-order valence-corrected chi connectivity index (χ3v) is 5.98. The van der Waals surface area contributed by atoms with Crippen LogP contribution < -0.4 is 0 Å². The van der Waals surface area contributed by atoms with Crippen LogP contribution in [0.4, 0.5) is 0 Å². The van der Waals surface area contributed by atoms with E-state index in [1.54, 1.807) is 4.38 Å². The van der Waals surface area contributed by atoms with Gasteiger partial charge in [-0.15, -0.1) is 0 Å². The van der Waals surface area contributed by atoms with Crippen molar-refractivity contribution >= 4 is 0 Å². The van der Waals surface area contributed by atoms with E-state index in [-0.39, 0.29) is 18.3 Å². The molecule has 0 atom stereocenters. The second-order valence-electron chi connectivity index (χ2n) is 4.31. The predicted octanol–water partition coefficient (Wildman–Crippen LogP) is 3.30. The van der Waals surface area contributed by atoms with Crippen LogP contribution in [-0.4, -0.2) is 18.3 Å². The zero-order valence-corrected chi connectivity index (χ0v) is 12.3. The molecule has 0 bridgehead atoms. The molecule has 0 N–H and O–H groups in total. The molecule has 90 valence electrons. The molecule has 0 unspecified atom stereocenters. The molecular formula is C11H24O3Ti. The van der Waals surface area contributed by atoms with Gasteiger partial charge in [0.2, 0.25) is 0 Å². The molecule has 0 aliphatic carbocycles. The molecular weight excluding hydrogens is 228 g/mol. The summed E-state index contributed by atoms with van der Waals surface area (Å²) in [7, 11) is 0. The summed E-state index contributed by atoms with van der Waals surface area (Å²) in [5.41, 5.74) is 0. The molecule has 15 heavy (non-hydrogen) atoms. The molecule has 0 rings (SSSR count). The molecule has 0 aromatic heterocycles. The second kappa shape index (κ2) is 6.82. The molecule has 4 heteroatoms. The first-order valence-corrected chi connectivity index (χ1v) is 8.29. The van der Waals surface area contributed by atoms with Crippen LogP contribution in [0.15, 0.2) is 11.0 Å². The summed E-state index contributed by atoms with van der Waals surface area (Å²) in [6.07, 6.45) is 0.293. The summed E-state index contributed by atoms with van der Waals surface area (Å²) < 4.78 is 19.3. The Morgan fingerprint density at radius 3 is 1.20 bits per heavy atom. The van der Waals surface area contributed by atoms with Crippen molar-refractivity contribution in [1.29, 1.82) is 0 Å². The van der Waals surface area contributed by atoms with E-state index >= 15 is 0 Å². The molecule has 0 amide bonds. The van der Waals surface area contributed by atoms with Gasteiger partial charge in [-0.3, -0.25) is 0 Å². The average molecular weight is 252 g/mol. The van der Waals surface area contributed by atoms with Crippen LogP contribution in [0.3, 0.4) is 0 Å². The van der Waals surface area contributed by atoms with Gasteiger partial charge >= 0.3 is 98.5 Å². The fraction of sp³-hybridized carbons (Fsp3) is 0.818. The maximum absolute atomic E-state index is 5.83. The Bertz CT molecular complexity index is 164. The van der Waals surface area contributed by atoms with Gasteiger partial charge in [0.1, 0.15) is 0 Å². The second-order valence-corrected chi connectivity index (χ2v) is 7.93. The molecule has 0 heterocycles. The van der Waals surface area contributed by atoms with Crippen LogP contribution in [0.1, 0.15) is 41.5 Å². The van der Waals surface area contributed by atoms with Crippen LogP contribution in [0.2, 0.25) is 0 Å². The van der Waals surface area contributed by atoms with Gasteiger partial charge in [0.25, 0.3) is 0 Å². The molecule has 0 saturated heterocycles. The molecule has 0 aromatic rings. The maximum atomic E-state index is 5.83. The number of hydrogen-bond donors (Lipinski definition) is 0. The summed E-state index contributed by atoms with van der Waals surface area (Å²) in [5.74, 6) is 0. The molecule has 0 spiro atoms. The quantitative estimate of drug-likeness (QED) is 0.650. The molecule has 3 nitrogen and oxygen atoms in total. The van der Waals surface area contributed by atoms with E-state index in [9.17, 15) is 0 Å². The standard InChI is InChI=1S/3C3H7O.C2H3.Ti/c3*1-3(2)4;1-2;/h3*3H,1-2H3;1H,2H2;/q3*-1;;+3. The molecule has 0 saturated carbocycles. The Morgan fingerprint density at radius 2 is 1.07 bits per heavy atom. The first kappa shape index (κ1) is 15.3. The minimum atomic E-state index is -3.24. The van der Waals surface area contributed by atoms with Crippen LogP contribution in [0.25, 0.3) is 0 Å². The van der Waals surface area contributed by atoms with E-state index in [2.05, 4.69) is 6.58 Å². The van der Waals surface area contributed by atoms with E-state index < -0.39 is 17.8 Å². The SMILES string of the molecule is C=[CH][Ti]([O]C(C)C)([O]C(C)C)[O]C(C)C. The third kappa shape index (κ3) is 6.49. The van der Waals surface area contributed by atoms with E-state index in [0.29, 0.717) is 0 Å². The van der Waals surface area contributed by atoms with Crippen molar-refractivity contribution in [2.45, 2.75) is 59.9 Å². The Morgan fingerprint density at radius 1 is 0.800 bits per heavy atom. The van der Waals surface area contributed by atoms with Crippen molar-refractivity contribution in [2.75, 3.05) is 0 Å². The van der Waals surface area contributed by atoms with E-state index in [1.165, 1.54) is 0 Å². The van der Waals surface area contributed by atoms with Crippen LogP contribution in [-0.2, 0) is 27.7 Å². The molecule has 0 fully saturated rings. The van der Waals surface area contributed by atoms with Crippen molar-refractivity contribution in [3.8, 4) is 0 Å². The van der Waals surface area contributed by atoms with E-state index in [1.807, 2.05) is 41.5 Å². The Labute approximate surface area is 98.6 Å². The average Bonchev–Trinajstić information content (AvgIpc) is 1.99. The summed E-state index contributed by atoms with van der Waals surface area (Å²) in [5, 5.41) is 0. The van der Waals surface area contributed by atoms with Crippen molar-refractivity contribution in [3.63, 3.8) is 0 Å². The summed E-state index contributed by atoms with van der Waals surface area (Å²) in [4.78, 5) is 0. The van der Waals surface area contributed by atoms with Gasteiger partial charge in [-0.25, -0.2) is 0 Å². The Kier molecular flexibility index (Phi) is 6.97. The van der Waals surface area contributed by atoms with Gasteiger partial charge < -0.3 is 0 Å². The van der Waals surface area contributed by atoms with Gasteiger partial charge in [-0.1, -0.05) is 0 Å². The van der Waals surface area contributed by atoms with Crippen molar-refractivity contribution in [3.05, 3.63) is 11.0 Å². The van der Waals surface area contributed by atoms with Crippen molar-refractivity contribution in [2.24, 2.45) is 0 Å². The fourth-order valence-electron chi connectivity index (χ4n) is 1.21. The Hall–Kier alpha value is 0.334. The van der Waals surface area contributed by atoms with Gasteiger partial charge in [0.15, 0.2) is 0 Å². The van der Waals surface area contributed by atoms with Gasteiger partial charge in [-0.05, 0) is 0 Å². The van der Waals surface area contributed by atoms with Crippen molar-refractivity contribution in [1.82, 2.24) is 0 Å². The summed E-state index contributed by atoms with van der Waals surface area (Å²) in [6, 6.07) is 0. The Balaban J connectivity index is 4.66. The fourth-order valence-corrected chi connectivity index (χ4v) is 5.00. The van der Waals surface area contributed by atoms with Crippen molar-refractivity contribution < 1.29 is 27.7 Å². The first-order valence-electron chi connectivity index (χ1n) is 5.48. The number of hydrogen-bond acceptors (Lipinski definition) is 3. The van der Waals surface area contributed by atoms with Gasteiger partial charge in [0.05, 0.1) is 0 Å². The molecule has 0 aromatic carbocycles. The number of rotatable bonds is 7. The van der Waals surface area contributed by atoms with Gasteiger partial charge in [0, 0.05) is 0 Å². The predicted molar refractivity (Wildman–Crippen MR) is 58.9 cm³/mol. The molecule has 0 aliphatic heterocycles. The summed E-state index contributed by atoms with van der Waals surface area (Å²) >= 11 is -3.24. The van der Waals surface area contributed by atoms with Crippen LogP contribution in [0, 0.1) is 0 Å². The van der Waals surface area contributed by atoms with Crippen LogP contribution >= 0.6 is 0 Å². The minimum absolute atomic E-state index is 0.0977.